The van der Waals surface area contributed by atoms with Gasteiger partial charge >= 0.3 is 0 Å². The Kier molecular flexibility index (Phi) is 5.27. The van der Waals surface area contributed by atoms with Crippen LogP contribution in [0.25, 0.3) is 0 Å². The average molecular weight is 353 g/mol. The van der Waals surface area contributed by atoms with E-state index in [1.807, 2.05) is 30.3 Å². The van der Waals surface area contributed by atoms with Gasteiger partial charge in [-0.1, -0.05) is 30.3 Å². The molecule has 0 radical (unpaired) electrons. The van der Waals surface area contributed by atoms with Crippen molar-refractivity contribution >= 4 is 27.3 Å². The normalized spacial score (nSPS) is 10.4. The number of nitrogens with one attached hydrogen (secondary N) is 1. The molecular formula is C15H14BrFN2O2. The van der Waals surface area contributed by atoms with E-state index in [1.165, 1.54) is 11.6 Å². The van der Waals surface area contributed by atoms with E-state index >= 15 is 0 Å². The third kappa shape index (κ3) is 4.26. The molecular weight excluding hydrogens is 339 g/mol. The minimum Gasteiger partial charge on any atom is -0.379 e. The van der Waals surface area contributed by atoms with Gasteiger partial charge in [0.2, 0.25) is 0 Å². The topological polar surface area (TPSA) is 55.2 Å². The van der Waals surface area contributed by atoms with Gasteiger partial charge in [-0.2, -0.15) is 0 Å². The van der Waals surface area contributed by atoms with Gasteiger partial charge in [-0.05, 0) is 40.4 Å². The molecule has 0 aliphatic rings. The fraction of sp³-hybridized carbons (Fsp3) is 0.200. The van der Waals surface area contributed by atoms with Gasteiger partial charge in [-0.15, -0.1) is 0 Å². The smallest absolute Gasteiger partial charge is 0.295 e. The van der Waals surface area contributed by atoms with Gasteiger partial charge in [0.25, 0.3) is 5.69 Å². The van der Waals surface area contributed by atoms with Crippen molar-refractivity contribution in [3.63, 3.8) is 0 Å². The van der Waals surface area contributed by atoms with Crippen LogP contribution < -0.4 is 5.32 Å². The van der Waals surface area contributed by atoms with Gasteiger partial charge in [-0.3, -0.25) is 10.1 Å². The van der Waals surface area contributed by atoms with Crippen LogP contribution in [0.5, 0.6) is 0 Å². The molecule has 1 N–H and O–H groups in total. The van der Waals surface area contributed by atoms with Crippen molar-refractivity contribution in [1.82, 2.24) is 0 Å². The van der Waals surface area contributed by atoms with E-state index in [-0.39, 0.29) is 10.2 Å². The third-order valence-electron chi connectivity index (χ3n) is 3.04. The Bertz CT molecular complexity index is 635. The van der Waals surface area contributed by atoms with Crippen LogP contribution in [0, 0.1) is 15.9 Å². The highest BCUT2D eigenvalue weighted by atomic mass is 79.9. The van der Waals surface area contributed by atoms with Gasteiger partial charge in [-0.25, -0.2) is 4.39 Å². The van der Waals surface area contributed by atoms with Crippen LogP contribution in [0.2, 0.25) is 0 Å². The molecule has 0 saturated carbocycles. The molecule has 0 bridgehead atoms. The summed E-state index contributed by atoms with van der Waals surface area (Å²) in [6.45, 7) is 0.577. The number of aryl methyl sites for hydroxylation is 1. The highest BCUT2D eigenvalue weighted by Crippen LogP contribution is 2.30. The molecule has 0 aromatic heterocycles. The van der Waals surface area contributed by atoms with Gasteiger partial charge in [0, 0.05) is 6.54 Å². The second-order valence-electron chi connectivity index (χ2n) is 4.56. The minimum atomic E-state index is -0.642. The molecule has 0 heterocycles. The van der Waals surface area contributed by atoms with Crippen molar-refractivity contribution in [3.05, 3.63) is 68.4 Å². The third-order valence-corrected chi connectivity index (χ3v) is 3.64. The fourth-order valence-corrected chi connectivity index (χ4v) is 2.33. The molecule has 2 aromatic carbocycles. The SMILES string of the molecule is O=[N+]([O-])c1cc(F)c(Br)cc1NCCCc1ccccc1. The first-order valence-electron chi connectivity index (χ1n) is 6.49. The first-order valence-corrected chi connectivity index (χ1v) is 7.28. The molecule has 4 nitrogen and oxygen atoms in total. The molecule has 0 fully saturated rings. The highest BCUT2D eigenvalue weighted by Gasteiger charge is 2.17. The van der Waals surface area contributed by atoms with Crippen molar-refractivity contribution in [1.29, 1.82) is 0 Å². The van der Waals surface area contributed by atoms with Crippen LogP contribution in [0.4, 0.5) is 15.8 Å². The maximum Gasteiger partial charge on any atom is 0.295 e. The summed E-state index contributed by atoms with van der Waals surface area (Å²) in [5.41, 5.74) is 1.28. The predicted molar refractivity (Wildman–Crippen MR) is 84.0 cm³/mol. The first-order chi connectivity index (χ1) is 10.1. The molecule has 0 atom stereocenters. The highest BCUT2D eigenvalue weighted by molar-refractivity contribution is 9.10. The standard InChI is InChI=1S/C15H14BrFN2O2/c16-12-9-14(15(19(20)21)10-13(12)17)18-8-4-7-11-5-2-1-3-6-11/h1-3,5-6,9-10,18H,4,7-8H2. The van der Waals surface area contributed by atoms with Crippen molar-refractivity contribution in [2.24, 2.45) is 0 Å². The minimum absolute atomic E-state index is 0.207. The number of rotatable bonds is 6. The second-order valence-corrected chi connectivity index (χ2v) is 5.41. The van der Waals surface area contributed by atoms with Crippen LogP contribution in [-0.4, -0.2) is 11.5 Å². The zero-order chi connectivity index (χ0) is 15.2. The Morgan fingerprint density at radius 3 is 2.62 bits per heavy atom. The predicted octanol–water partition coefficient (Wildman–Crippen LogP) is 4.54. The van der Waals surface area contributed by atoms with E-state index in [0.29, 0.717) is 12.2 Å². The molecule has 6 heteroatoms. The van der Waals surface area contributed by atoms with Crippen LogP contribution in [0.15, 0.2) is 46.9 Å². The number of nitro benzene ring substituents is 1. The van der Waals surface area contributed by atoms with Crippen molar-refractivity contribution in [3.8, 4) is 0 Å². The van der Waals surface area contributed by atoms with Gasteiger partial charge in [0.1, 0.15) is 11.5 Å². The van der Waals surface area contributed by atoms with Crippen molar-refractivity contribution < 1.29 is 9.31 Å². The average Bonchev–Trinajstić information content (AvgIpc) is 2.47. The number of hydrogen-bond donors (Lipinski definition) is 1. The zero-order valence-corrected chi connectivity index (χ0v) is 12.8. The number of hydrogen-bond acceptors (Lipinski definition) is 3. The summed E-state index contributed by atoms with van der Waals surface area (Å²) >= 11 is 3.04. The van der Waals surface area contributed by atoms with E-state index in [2.05, 4.69) is 21.2 Å². The summed E-state index contributed by atoms with van der Waals surface area (Å²) < 4.78 is 13.6. The Balaban J connectivity index is 1.96. The van der Waals surface area contributed by atoms with E-state index in [4.69, 9.17) is 0 Å². The molecule has 0 spiro atoms. The summed E-state index contributed by atoms with van der Waals surface area (Å²) in [6.07, 6.45) is 1.71. The molecule has 0 amide bonds. The van der Waals surface area contributed by atoms with Crippen LogP contribution in [0.3, 0.4) is 0 Å². The first kappa shape index (κ1) is 15.4. The monoisotopic (exact) mass is 352 g/mol. The van der Waals surface area contributed by atoms with E-state index in [1.54, 1.807) is 0 Å². The van der Waals surface area contributed by atoms with Crippen LogP contribution in [-0.2, 0) is 6.42 Å². The van der Waals surface area contributed by atoms with E-state index < -0.39 is 10.7 Å². The molecule has 0 saturated heterocycles. The molecule has 110 valence electrons. The lowest BCUT2D eigenvalue weighted by atomic mass is 10.1. The lowest BCUT2D eigenvalue weighted by Crippen LogP contribution is -2.06. The molecule has 2 rings (SSSR count). The summed E-state index contributed by atoms with van der Waals surface area (Å²) in [6, 6.07) is 12.3. The lowest BCUT2D eigenvalue weighted by molar-refractivity contribution is -0.384. The molecule has 0 unspecified atom stereocenters. The van der Waals surface area contributed by atoms with E-state index in [9.17, 15) is 14.5 Å². The zero-order valence-electron chi connectivity index (χ0n) is 11.2. The number of nitrogens with zero attached hydrogens (tertiary/aromatic N) is 1. The largest absolute Gasteiger partial charge is 0.379 e. The number of nitro groups is 1. The molecule has 2 aromatic rings. The quantitative estimate of drug-likeness (QED) is 0.471. The molecule has 0 aliphatic heterocycles. The maximum atomic E-state index is 13.4. The van der Waals surface area contributed by atoms with Crippen molar-refractivity contribution in [2.45, 2.75) is 12.8 Å². The van der Waals surface area contributed by atoms with E-state index in [0.717, 1.165) is 18.9 Å². The Labute approximate surface area is 130 Å². The maximum absolute atomic E-state index is 13.4. The van der Waals surface area contributed by atoms with Gasteiger partial charge < -0.3 is 5.32 Å². The molecule has 21 heavy (non-hydrogen) atoms. The van der Waals surface area contributed by atoms with Gasteiger partial charge in [0.15, 0.2) is 0 Å². The summed E-state index contributed by atoms with van der Waals surface area (Å²) in [5.74, 6) is -0.642. The van der Waals surface area contributed by atoms with Gasteiger partial charge in [0.05, 0.1) is 15.5 Å². The second kappa shape index (κ2) is 7.17. The summed E-state index contributed by atoms with van der Waals surface area (Å²) in [7, 11) is 0. The summed E-state index contributed by atoms with van der Waals surface area (Å²) in [5, 5.41) is 13.9. The number of anilines is 1. The Morgan fingerprint density at radius 2 is 1.95 bits per heavy atom. The van der Waals surface area contributed by atoms with Crippen LogP contribution >= 0.6 is 15.9 Å². The fourth-order valence-electron chi connectivity index (χ4n) is 1.99. The van der Waals surface area contributed by atoms with Crippen molar-refractivity contribution in [2.75, 3.05) is 11.9 Å². The number of benzene rings is 2. The van der Waals surface area contributed by atoms with Crippen LogP contribution in [0.1, 0.15) is 12.0 Å². The Morgan fingerprint density at radius 1 is 1.24 bits per heavy atom. The number of halogens is 2. The molecule has 0 aliphatic carbocycles. The lowest BCUT2D eigenvalue weighted by Gasteiger charge is -2.08. The Hall–Kier alpha value is -1.95. The summed E-state index contributed by atoms with van der Waals surface area (Å²) in [4.78, 5) is 10.3.